The molecule has 0 fully saturated rings. The van der Waals surface area contributed by atoms with E-state index < -0.39 is 0 Å². The Morgan fingerprint density at radius 3 is 2.94 bits per heavy atom. The van der Waals surface area contributed by atoms with Gasteiger partial charge in [-0.3, -0.25) is 9.78 Å². The van der Waals surface area contributed by atoms with E-state index in [1.54, 1.807) is 18.3 Å². The number of carbonyl (C=O) groups excluding carboxylic acids is 1. The van der Waals surface area contributed by atoms with Crippen molar-refractivity contribution in [3.63, 3.8) is 0 Å². The molecule has 0 spiro atoms. The average molecular weight is 242 g/mol. The second-order valence-electron chi connectivity index (χ2n) is 3.64. The summed E-state index contributed by atoms with van der Waals surface area (Å²) in [7, 11) is 0. The zero-order valence-electron chi connectivity index (χ0n) is 9.57. The summed E-state index contributed by atoms with van der Waals surface area (Å²) in [6, 6.07) is 3.44. The van der Waals surface area contributed by atoms with Crippen molar-refractivity contribution in [2.45, 2.75) is 39.2 Å². The van der Waals surface area contributed by atoms with Gasteiger partial charge in [-0.15, -0.1) is 0 Å². The number of pyridine rings is 1. The van der Waals surface area contributed by atoms with Crippen molar-refractivity contribution in [1.82, 2.24) is 4.98 Å². The maximum absolute atomic E-state index is 11.0. The molecule has 0 saturated carbocycles. The van der Waals surface area contributed by atoms with Crippen molar-refractivity contribution in [2.24, 2.45) is 0 Å². The van der Waals surface area contributed by atoms with Gasteiger partial charge >= 0.3 is 5.97 Å². The van der Waals surface area contributed by atoms with Crippen molar-refractivity contribution in [2.75, 3.05) is 0 Å². The topological polar surface area (TPSA) is 39.2 Å². The van der Waals surface area contributed by atoms with Crippen LogP contribution in [-0.2, 0) is 9.53 Å². The van der Waals surface area contributed by atoms with Gasteiger partial charge in [0.05, 0.1) is 5.69 Å². The lowest BCUT2D eigenvalue weighted by molar-refractivity contribution is -0.147. The summed E-state index contributed by atoms with van der Waals surface area (Å²) >= 11 is 5.88. The molecule has 1 rings (SSSR count). The molecule has 1 atom stereocenters. The molecule has 4 heteroatoms. The highest BCUT2D eigenvalue weighted by Crippen LogP contribution is 2.23. The largest absolute Gasteiger partial charge is 0.456 e. The van der Waals surface area contributed by atoms with Gasteiger partial charge in [0.25, 0.3) is 0 Å². The van der Waals surface area contributed by atoms with Gasteiger partial charge in [0.15, 0.2) is 0 Å². The standard InChI is InChI=1S/C12H16ClNO2/c1-3-4-5-12(16-9(2)15)11-8-10(13)6-7-14-11/h6-8,12H,3-5H2,1-2H3/t12-/m1/s1. The molecule has 0 radical (unpaired) electrons. The maximum Gasteiger partial charge on any atom is 0.303 e. The number of carbonyl (C=O) groups is 1. The minimum Gasteiger partial charge on any atom is -0.456 e. The molecular formula is C12H16ClNO2. The average Bonchev–Trinajstić information content (AvgIpc) is 2.23. The summed E-state index contributed by atoms with van der Waals surface area (Å²) in [6.45, 7) is 3.50. The van der Waals surface area contributed by atoms with Crippen molar-refractivity contribution < 1.29 is 9.53 Å². The van der Waals surface area contributed by atoms with E-state index in [2.05, 4.69) is 11.9 Å². The van der Waals surface area contributed by atoms with Gasteiger partial charge in [-0.25, -0.2) is 0 Å². The molecule has 0 aliphatic carbocycles. The van der Waals surface area contributed by atoms with E-state index in [-0.39, 0.29) is 12.1 Å². The highest BCUT2D eigenvalue weighted by molar-refractivity contribution is 6.30. The van der Waals surface area contributed by atoms with Crippen LogP contribution in [0, 0.1) is 0 Å². The first-order valence-corrected chi connectivity index (χ1v) is 5.80. The second-order valence-corrected chi connectivity index (χ2v) is 4.08. The summed E-state index contributed by atoms with van der Waals surface area (Å²) in [4.78, 5) is 15.2. The van der Waals surface area contributed by atoms with Crippen LogP contribution in [0.2, 0.25) is 5.02 Å². The lowest BCUT2D eigenvalue weighted by Crippen LogP contribution is -2.10. The number of ether oxygens (including phenoxy) is 1. The van der Waals surface area contributed by atoms with Gasteiger partial charge in [-0.1, -0.05) is 24.9 Å². The van der Waals surface area contributed by atoms with Gasteiger partial charge in [-0.05, 0) is 25.0 Å². The fourth-order valence-corrected chi connectivity index (χ4v) is 1.62. The van der Waals surface area contributed by atoms with Gasteiger partial charge in [-0.2, -0.15) is 0 Å². The van der Waals surface area contributed by atoms with Gasteiger partial charge in [0.1, 0.15) is 6.10 Å². The van der Waals surface area contributed by atoms with E-state index in [0.717, 1.165) is 25.0 Å². The Bertz CT molecular complexity index is 355. The zero-order valence-corrected chi connectivity index (χ0v) is 10.3. The molecule has 0 aliphatic heterocycles. The molecule has 1 aromatic heterocycles. The van der Waals surface area contributed by atoms with Crippen LogP contribution in [0.1, 0.15) is 44.9 Å². The van der Waals surface area contributed by atoms with Crippen molar-refractivity contribution in [3.8, 4) is 0 Å². The Kier molecular flexibility index (Phi) is 5.26. The molecule has 1 heterocycles. The zero-order chi connectivity index (χ0) is 12.0. The molecule has 0 amide bonds. The fourth-order valence-electron chi connectivity index (χ4n) is 1.45. The Morgan fingerprint density at radius 1 is 1.62 bits per heavy atom. The van der Waals surface area contributed by atoms with E-state index in [1.807, 2.05) is 0 Å². The van der Waals surface area contributed by atoms with Gasteiger partial charge in [0, 0.05) is 18.1 Å². The minimum absolute atomic E-state index is 0.281. The number of hydrogen-bond acceptors (Lipinski definition) is 3. The third-order valence-electron chi connectivity index (χ3n) is 2.20. The van der Waals surface area contributed by atoms with Crippen LogP contribution in [0.3, 0.4) is 0 Å². The van der Waals surface area contributed by atoms with E-state index in [4.69, 9.17) is 16.3 Å². The molecular weight excluding hydrogens is 226 g/mol. The highest BCUT2D eigenvalue weighted by atomic mass is 35.5. The van der Waals surface area contributed by atoms with Crippen LogP contribution in [0.5, 0.6) is 0 Å². The van der Waals surface area contributed by atoms with Crippen molar-refractivity contribution in [1.29, 1.82) is 0 Å². The third kappa shape index (κ3) is 4.19. The smallest absolute Gasteiger partial charge is 0.303 e. The van der Waals surface area contributed by atoms with Crippen LogP contribution in [0.4, 0.5) is 0 Å². The van der Waals surface area contributed by atoms with E-state index >= 15 is 0 Å². The molecule has 0 bridgehead atoms. The summed E-state index contributed by atoms with van der Waals surface area (Å²) in [6.07, 6.45) is 4.17. The molecule has 88 valence electrons. The maximum atomic E-state index is 11.0. The third-order valence-corrected chi connectivity index (χ3v) is 2.44. The molecule has 3 nitrogen and oxygen atoms in total. The van der Waals surface area contributed by atoms with Crippen LogP contribution < -0.4 is 0 Å². The monoisotopic (exact) mass is 241 g/mol. The van der Waals surface area contributed by atoms with Crippen LogP contribution in [-0.4, -0.2) is 11.0 Å². The Labute approximate surface area is 101 Å². The number of halogens is 1. The number of nitrogens with zero attached hydrogens (tertiary/aromatic N) is 1. The lowest BCUT2D eigenvalue weighted by atomic mass is 10.1. The number of unbranched alkanes of at least 4 members (excludes halogenated alkanes) is 1. The van der Waals surface area contributed by atoms with Crippen molar-refractivity contribution >= 4 is 17.6 Å². The van der Waals surface area contributed by atoms with Crippen LogP contribution in [0.25, 0.3) is 0 Å². The number of rotatable bonds is 5. The quantitative estimate of drug-likeness (QED) is 0.741. The SMILES string of the molecule is CCCC[C@@H](OC(C)=O)c1cc(Cl)ccn1. The molecule has 0 N–H and O–H groups in total. The molecule has 16 heavy (non-hydrogen) atoms. The summed E-state index contributed by atoms with van der Waals surface area (Å²) in [5, 5.41) is 0.610. The fraction of sp³-hybridized carbons (Fsp3) is 0.500. The Morgan fingerprint density at radius 2 is 2.38 bits per heavy atom. The van der Waals surface area contributed by atoms with E-state index in [9.17, 15) is 4.79 Å². The molecule has 1 aromatic rings. The van der Waals surface area contributed by atoms with Crippen molar-refractivity contribution in [3.05, 3.63) is 29.0 Å². The highest BCUT2D eigenvalue weighted by Gasteiger charge is 2.15. The molecule has 0 aromatic carbocycles. The van der Waals surface area contributed by atoms with E-state index in [1.165, 1.54) is 6.92 Å². The Hall–Kier alpha value is -1.09. The Balaban J connectivity index is 2.78. The van der Waals surface area contributed by atoms with Crippen LogP contribution >= 0.6 is 11.6 Å². The first kappa shape index (κ1) is 13.0. The minimum atomic E-state index is -0.289. The summed E-state index contributed by atoms with van der Waals surface area (Å²) < 4.78 is 5.23. The van der Waals surface area contributed by atoms with Crippen LogP contribution in [0.15, 0.2) is 18.3 Å². The predicted octanol–water partition coefficient (Wildman–Crippen LogP) is 3.53. The van der Waals surface area contributed by atoms with Gasteiger partial charge in [0.2, 0.25) is 0 Å². The number of esters is 1. The van der Waals surface area contributed by atoms with Gasteiger partial charge < -0.3 is 4.74 Å². The number of aromatic nitrogens is 1. The summed E-state index contributed by atoms with van der Waals surface area (Å²) in [5.74, 6) is -0.289. The molecule has 0 saturated heterocycles. The van der Waals surface area contributed by atoms with E-state index in [0.29, 0.717) is 5.02 Å². The molecule has 0 aliphatic rings. The summed E-state index contributed by atoms with van der Waals surface area (Å²) in [5.41, 5.74) is 0.719. The predicted molar refractivity (Wildman–Crippen MR) is 63.3 cm³/mol. The lowest BCUT2D eigenvalue weighted by Gasteiger charge is -2.16. The normalized spacial score (nSPS) is 12.2. The second kappa shape index (κ2) is 6.48. The first-order chi connectivity index (χ1) is 7.63. The number of hydrogen-bond donors (Lipinski definition) is 0. The molecule has 0 unspecified atom stereocenters. The first-order valence-electron chi connectivity index (χ1n) is 5.42.